The Labute approximate surface area is 120 Å². The number of hydrogen-bond donors (Lipinski definition) is 1. The van der Waals surface area contributed by atoms with E-state index < -0.39 is 6.04 Å². The Morgan fingerprint density at radius 2 is 1.95 bits per heavy atom. The zero-order valence-electron chi connectivity index (χ0n) is 12.5. The van der Waals surface area contributed by atoms with Crippen molar-refractivity contribution in [1.82, 2.24) is 10.2 Å². The van der Waals surface area contributed by atoms with Crippen molar-refractivity contribution in [2.24, 2.45) is 0 Å². The molecular weight excluding hydrogens is 252 g/mol. The van der Waals surface area contributed by atoms with Gasteiger partial charge in [-0.2, -0.15) is 0 Å². The second kappa shape index (κ2) is 5.65. The molecule has 0 bridgehead atoms. The quantitative estimate of drug-likeness (QED) is 0.918. The summed E-state index contributed by atoms with van der Waals surface area (Å²) in [5, 5.41) is 2.75. The first-order valence-corrected chi connectivity index (χ1v) is 7.15. The van der Waals surface area contributed by atoms with Gasteiger partial charge in [-0.25, -0.2) is 0 Å². The molecule has 0 aromatic heterocycles. The molecule has 0 radical (unpaired) electrons. The zero-order chi connectivity index (χ0) is 14.9. The third kappa shape index (κ3) is 2.42. The normalized spacial score (nSPS) is 24.5. The zero-order valence-corrected chi connectivity index (χ0v) is 12.5. The fraction of sp³-hybridized carbons (Fsp3) is 0.500. The Hall–Kier alpha value is -1.84. The van der Waals surface area contributed by atoms with Gasteiger partial charge in [-0.15, -0.1) is 0 Å². The number of nitrogens with one attached hydrogen (secondary N) is 1. The van der Waals surface area contributed by atoms with E-state index in [0.29, 0.717) is 6.42 Å². The van der Waals surface area contributed by atoms with E-state index in [2.05, 4.69) is 5.32 Å². The van der Waals surface area contributed by atoms with E-state index in [4.69, 9.17) is 0 Å². The van der Waals surface area contributed by atoms with E-state index in [-0.39, 0.29) is 23.9 Å². The Morgan fingerprint density at radius 3 is 2.55 bits per heavy atom. The van der Waals surface area contributed by atoms with Crippen LogP contribution in [0.2, 0.25) is 0 Å². The minimum Gasteiger partial charge on any atom is -0.343 e. The summed E-state index contributed by atoms with van der Waals surface area (Å²) >= 11 is 0. The lowest BCUT2D eigenvalue weighted by Crippen LogP contribution is -2.62. The van der Waals surface area contributed by atoms with Gasteiger partial charge < -0.3 is 10.2 Å². The summed E-state index contributed by atoms with van der Waals surface area (Å²) in [6.45, 7) is 7.70. The predicted molar refractivity (Wildman–Crippen MR) is 78.1 cm³/mol. The van der Waals surface area contributed by atoms with Gasteiger partial charge in [-0.1, -0.05) is 31.2 Å². The summed E-state index contributed by atoms with van der Waals surface area (Å²) in [4.78, 5) is 26.3. The molecule has 3 unspecified atom stereocenters. The molecule has 1 aliphatic rings. The van der Waals surface area contributed by atoms with Gasteiger partial charge in [-0.3, -0.25) is 9.59 Å². The fourth-order valence-corrected chi connectivity index (χ4v) is 2.92. The van der Waals surface area contributed by atoms with Gasteiger partial charge in [0, 0.05) is 0 Å². The highest BCUT2D eigenvalue weighted by Crippen LogP contribution is 2.28. The van der Waals surface area contributed by atoms with Crippen LogP contribution in [0.3, 0.4) is 0 Å². The van der Waals surface area contributed by atoms with Crippen LogP contribution < -0.4 is 5.32 Å². The molecule has 1 aliphatic heterocycles. The van der Waals surface area contributed by atoms with Crippen LogP contribution in [0, 0.1) is 6.92 Å². The lowest BCUT2D eigenvalue weighted by Gasteiger charge is -2.41. The van der Waals surface area contributed by atoms with E-state index in [0.717, 1.165) is 11.1 Å². The first kappa shape index (κ1) is 14.6. The number of nitrogens with zero attached hydrogens (tertiary/aromatic N) is 1. The van der Waals surface area contributed by atoms with Crippen LogP contribution >= 0.6 is 0 Å². The lowest BCUT2D eigenvalue weighted by atomic mass is 9.96. The van der Waals surface area contributed by atoms with Gasteiger partial charge in [0.1, 0.15) is 12.1 Å². The van der Waals surface area contributed by atoms with Crippen LogP contribution in [-0.4, -0.2) is 28.8 Å². The summed E-state index contributed by atoms with van der Waals surface area (Å²) in [6.07, 6.45) is 0.626. The average molecular weight is 274 g/mol. The van der Waals surface area contributed by atoms with Crippen LogP contribution in [0.5, 0.6) is 0 Å². The highest BCUT2D eigenvalue weighted by Gasteiger charge is 2.40. The first-order chi connectivity index (χ1) is 9.47. The Balaban J connectivity index is 2.39. The largest absolute Gasteiger partial charge is 0.343 e. The van der Waals surface area contributed by atoms with Crippen molar-refractivity contribution in [3.05, 3.63) is 35.4 Å². The van der Waals surface area contributed by atoms with Crippen LogP contribution in [0.25, 0.3) is 0 Å². The van der Waals surface area contributed by atoms with Crippen LogP contribution in [0.1, 0.15) is 44.4 Å². The van der Waals surface area contributed by atoms with E-state index in [1.165, 1.54) is 0 Å². The molecule has 0 aliphatic carbocycles. The molecule has 1 saturated heterocycles. The molecule has 1 aromatic carbocycles. The molecule has 1 fully saturated rings. The first-order valence-electron chi connectivity index (χ1n) is 7.15. The molecule has 2 amide bonds. The Kier molecular flexibility index (Phi) is 4.12. The summed E-state index contributed by atoms with van der Waals surface area (Å²) in [6, 6.07) is 7.09. The number of hydrogen-bond acceptors (Lipinski definition) is 2. The SMILES string of the molecule is CCC1C(=O)NC(C)C(=O)N1C(C)c1ccccc1C. The third-order valence-corrected chi connectivity index (χ3v) is 4.06. The number of piperazine rings is 1. The maximum atomic E-state index is 12.5. The molecule has 2 rings (SSSR count). The molecule has 1 heterocycles. The van der Waals surface area contributed by atoms with Crippen molar-refractivity contribution >= 4 is 11.8 Å². The second-order valence-corrected chi connectivity index (χ2v) is 5.43. The summed E-state index contributed by atoms with van der Waals surface area (Å²) < 4.78 is 0. The summed E-state index contributed by atoms with van der Waals surface area (Å²) in [5.74, 6) is -0.0627. The smallest absolute Gasteiger partial charge is 0.246 e. The van der Waals surface area contributed by atoms with Gasteiger partial charge in [0.05, 0.1) is 6.04 Å². The second-order valence-electron chi connectivity index (χ2n) is 5.43. The van der Waals surface area contributed by atoms with E-state index in [1.807, 2.05) is 45.0 Å². The van der Waals surface area contributed by atoms with E-state index >= 15 is 0 Å². The van der Waals surface area contributed by atoms with Crippen LogP contribution in [-0.2, 0) is 9.59 Å². The number of benzene rings is 1. The van der Waals surface area contributed by atoms with Crippen LogP contribution in [0.4, 0.5) is 0 Å². The van der Waals surface area contributed by atoms with Gasteiger partial charge >= 0.3 is 0 Å². The lowest BCUT2D eigenvalue weighted by molar-refractivity contribution is -0.151. The van der Waals surface area contributed by atoms with Crippen molar-refractivity contribution in [2.75, 3.05) is 0 Å². The molecule has 20 heavy (non-hydrogen) atoms. The van der Waals surface area contributed by atoms with Gasteiger partial charge in [0.15, 0.2) is 0 Å². The summed E-state index contributed by atoms with van der Waals surface area (Å²) in [7, 11) is 0. The van der Waals surface area contributed by atoms with Gasteiger partial charge in [0.2, 0.25) is 11.8 Å². The number of carbonyl (C=O) groups excluding carboxylic acids is 2. The number of rotatable bonds is 3. The minimum absolute atomic E-state index is 0.00722. The number of aryl methyl sites for hydroxylation is 1. The topological polar surface area (TPSA) is 49.4 Å². The maximum Gasteiger partial charge on any atom is 0.246 e. The molecule has 3 atom stereocenters. The summed E-state index contributed by atoms with van der Waals surface area (Å²) in [5.41, 5.74) is 2.24. The number of amides is 2. The number of carbonyl (C=O) groups is 2. The van der Waals surface area contributed by atoms with Crippen molar-refractivity contribution in [1.29, 1.82) is 0 Å². The highest BCUT2D eigenvalue weighted by atomic mass is 16.2. The van der Waals surface area contributed by atoms with Crippen molar-refractivity contribution in [3.63, 3.8) is 0 Å². The molecule has 4 heteroatoms. The maximum absolute atomic E-state index is 12.5. The molecule has 4 nitrogen and oxygen atoms in total. The average Bonchev–Trinajstić information content (AvgIpc) is 2.42. The van der Waals surface area contributed by atoms with Gasteiger partial charge in [0.25, 0.3) is 0 Å². The molecule has 0 saturated carbocycles. The molecule has 1 N–H and O–H groups in total. The monoisotopic (exact) mass is 274 g/mol. The fourth-order valence-electron chi connectivity index (χ4n) is 2.92. The third-order valence-electron chi connectivity index (χ3n) is 4.06. The predicted octanol–water partition coefficient (Wildman–Crippen LogP) is 2.18. The van der Waals surface area contributed by atoms with E-state index in [9.17, 15) is 9.59 Å². The minimum atomic E-state index is -0.447. The van der Waals surface area contributed by atoms with E-state index in [1.54, 1.807) is 11.8 Å². The molecule has 0 spiro atoms. The molecular formula is C16H22N2O2. The molecule has 108 valence electrons. The molecule has 1 aromatic rings. The van der Waals surface area contributed by atoms with Crippen LogP contribution in [0.15, 0.2) is 24.3 Å². The van der Waals surface area contributed by atoms with Gasteiger partial charge in [-0.05, 0) is 38.3 Å². The standard InChI is InChI=1S/C16H22N2O2/c1-5-14-15(19)17-11(3)16(20)18(14)12(4)13-9-7-6-8-10(13)2/h6-9,11-12,14H,5H2,1-4H3,(H,17,19). The highest BCUT2D eigenvalue weighted by molar-refractivity contribution is 5.96. The Bertz CT molecular complexity index is 527. The van der Waals surface area contributed by atoms with Crippen molar-refractivity contribution < 1.29 is 9.59 Å². The van der Waals surface area contributed by atoms with Crippen molar-refractivity contribution in [3.8, 4) is 0 Å². The Morgan fingerprint density at radius 1 is 1.30 bits per heavy atom. The van der Waals surface area contributed by atoms with Crippen molar-refractivity contribution in [2.45, 2.75) is 52.2 Å².